The number of carboxylic acids is 1. The Kier molecular flexibility index (Phi) is 4.32. The quantitative estimate of drug-likeness (QED) is 0.879. The van der Waals surface area contributed by atoms with Crippen LogP contribution in [0.3, 0.4) is 0 Å². The van der Waals surface area contributed by atoms with Gasteiger partial charge in [0.05, 0.1) is 17.0 Å². The molecule has 2 aromatic rings. The molecule has 0 spiro atoms. The summed E-state index contributed by atoms with van der Waals surface area (Å²) in [6.07, 6.45) is 0.0457. The molecule has 1 heterocycles. The highest BCUT2D eigenvalue weighted by Gasteiger charge is 2.32. The van der Waals surface area contributed by atoms with Gasteiger partial charge in [0.15, 0.2) is 15.1 Å². The topological polar surface area (TPSA) is 89.3 Å². The van der Waals surface area contributed by atoms with Crippen LogP contribution < -0.4 is 0 Å². The number of carbonyl (C=O) groups is 1. The highest BCUT2D eigenvalue weighted by molar-refractivity contribution is 7.92. The number of fused-ring (bicyclic) bond motifs is 1. The molecule has 6 nitrogen and oxygen atoms in total. The molecule has 1 unspecified atom stereocenters. The van der Waals surface area contributed by atoms with Crippen LogP contribution in [0.5, 0.6) is 0 Å². The highest BCUT2D eigenvalue weighted by Crippen LogP contribution is 2.22. The monoisotopic (exact) mass is 310 g/mol. The molecule has 21 heavy (non-hydrogen) atoms. The fraction of sp³-hybridized carbons (Fsp3) is 0.429. The van der Waals surface area contributed by atoms with E-state index in [1.807, 2.05) is 25.1 Å². The van der Waals surface area contributed by atoms with E-state index in [0.717, 1.165) is 10.9 Å². The smallest absolute Gasteiger partial charge is 0.321 e. The Balaban J connectivity index is 2.47. The molecule has 7 heteroatoms. The molecular weight excluding hydrogens is 292 g/mol. The van der Waals surface area contributed by atoms with Gasteiger partial charge in [-0.1, -0.05) is 25.1 Å². The van der Waals surface area contributed by atoms with Crippen molar-refractivity contribution in [2.45, 2.75) is 37.8 Å². The lowest BCUT2D eigenvalue weighted by Crippen LogP contribution is -2.30. The summed E-state index contributed by atoms with van der Waals surface area (Å²) in [5, 5.41) is 12.7. The second kappa shape index (κ2) is 5.85. The second-order valence-corrected chi connectivity index (χ2v) is 7.01. The van der Waals surface area contributed by atoms with Crippen LogP contribution >= 0.6 is 0 Å². The Morgan fingerprint density at radius 1 is 1.33 bits per heavy atom. The molecular formula is C14H18N2O4S. The molecule has 0 amide bonds. The van der Waals surface area contributed by atoms with E-state index in [0.29, 0.717) is 12.2 Å². The molecule has 0 saturated heterocycles. The number of hydrogen-bond acceptors (Lipinski definition) is 4. The first-order chi connectivity index (χ1) is 9.90. The van der Waals surface area contributed by atoms with E-state index in [1.165, 1.54) is 0 Å². The first-order valence-corrected chi connectivity index (χ1v) is 8.51. The lowest BCUT2D eigenvalue weighted by atomic mass is 10.2. The molecule has 0 fully saturated rings. The number of para-hydroxylation sites is 1. The van der Waals surface area contributed by atoms with Crippen LogP contribution in [0.4, 0.5) is 0 Å². The fourth-order valence-corrected chi connectivity index (χ4v) is 4.03. The van der Waals surface area contributed by atoms with Gasteiger partial charge >= 0.3 is 5.97 Å². The number of nitrogens with zero attached hydrogens (tertiary/aromatic N) is 2. The number of aryl methyl sites for hydroxylation is 1. The number of aliphatic carboxylic acids is 1. The van der Waals surface area contributed by atoms with Crippen molar-refractivity contribution >= 4 is 26.7 Å². The number of hydrogen-bond donors (Lipinski definition) is 1. The van der Waals surface area contributed by atoms with Gasteiger partial charge in [0.2, 0.25) is 0 Å². The van der Waals surface area contributed by atoms with Crippen LogP contribution in [-0.4, -0.2) is 34.5 Å². The lowest BCUT2D eigenvalue weighted by molar-refractivity contribution is -0.136. The van der Waals surface area contributed by atoms with Crippen molar-refractivity contribution < 1.29 is 18.3 Å². The summed E-state index contributed by atoms with van der Waals surface area (Å²) in [7, 11) is -3.79. The van der Waals surface area contributed by atoms with Crippen molar-refractivity contribution in [2.75, 3.05) is 0 Å². The Labute approximate surface area is 123 Å². The lowest BCUT2D eigenvalue weighted by Gasteiger charge is -2.10. The Morgan fingerprint density at radius 2 is 2.00 bits per heavy atom. The molecule has 1 aromatic carbocycles. The molecule has 0 saturated carbocycles. The van der Waals surface area contributed by atoms with Gasteiger partial charge in [-0.05, 0) is 19.4 Å². The van der Waals surface area contributed by atoms with Crippen molar-refractivity contribution in [1.82, 2.24) is 9.78 Å². The Bertz CT molecular complexity index is 764. The van der Waals surface area contributed by atoms with Crippen LogP contribution in [-0.2, 0) is 26.9 Å². The van der Waals surface area contributed by atoms with E-state index in [1.54, 1.807) is 17.7 Å². The van der Waals surface area contributed by atoms with E-state index in [9.17, 15) is 13.2 Å². The Hall–Kier alpha value is -1.89. The fourth-order valence-electron chi connectivity index (χ4n) is 2.42. The minimum atomic E-state index is -3.79. The molecule has 0 aliphatic rings. The van der Waals surface area contributed by atoms with Crippen LogP contribution in [0.2, 0.25) is 0 Å². The predicted octanol–water partition coefficient (Wildman–Crippen LogP) is 1.83. The normalized spacial score (nSPS) is 13.4. The number of benzene rings is 1. The first-order valence-electron chi connectivity index (χ1n) is 6.79. The van der Waals surface area contributed by atoms with Crippen LogP contribution in [0, 0.1) is 0 Å². The average molecular weight is 310 g/mol. The van der Waals surface area contributed by atoms with Crippen LogP contribution in [0.15, 0.2) is 24.3 Å². The second-order valence-electron chi connectivity index (χ2n) is 4.82. The third-order valence-electron chi connectivity index (χ3n) is 3.45. The number of sulfone groups is 1. The van der Waals surface area contributed by atoms with E-state index in [2.05, 4.69) is 5.10 Å². The van der Waals surface area contributed by atoms with Gasteiger partial charge in [-0.25, -0.2) is 8.42 Å². The number of rotatable bonds is 6. The summed E-state index contributed by atoms with van der Waals surface area (Å²) >= 11 is 0. The molecule has 0 aliphatic carbocycles. The molecule has 1 atom stereocenters. The van der Waals surface area contributed by atoms with Gasteiger partial charge in [-0.15, -0.1) is 0 Å². The summed E-state index contributed by atoms with van der Waals surface area (Å²) in [5.74, 6) is -1.66. The summed E-state index contributed by atoms with van der Waals surface area (Å²) in [5.41, 5.74) is 1.26. The molecule has 2 rings (SSSR count). The van der Waals surface area contributed by atoms with E-state index >= 15 is 0 Å². The Morgan fingerprint density at radius 3 is 2.57 bits per heavy atom. The maximum atomic E-state index is 12.3. The maximum Gasteiger partial charge on any atom is 0.321 e. The number of carboxylic acid groups (broad SMARTS) is 1. The summed E-state index contributed by atoms with van der Waals surface area (Å²) in [4.78, 5) is 11.1. The van der Waals surface area contributed by atoms with Crippen molar-refractivity contribution in [3.8, 4) is 0 Å². The minimum absolute atomic E-state index is 0.0457. The number of aromatic nitrogens is 2. The molecule has 0 aliphatic heterocycles. The summed E-state index contributed by atoms with van der Waals surface area (Å²) in [6, 6.07) is 7.35. The van der Waals surface area contributed by atoms with Crippen molar-refractivity contribution in [3.63, 3.8) is 0 Å². The SMILES string of the molecule is CCC(C(=O)O)S(=O)(=O)Cc1nn(CC)c2ccccc12. The van der Waals surface area contributed by atoms with E-state index in [4.69, 9.17) is 5.11 Å². The van der Waals surface area contributed by atoms with E-state index < -0.39 is 21.1 Å². The zero-order valence-corrected chi connectivity index (χ0v) is 12.8. The molecule has 0 bridgehead atoms. The highest BCUT2D eigenvalue weighted by atomic mass is 32.2. The average Bonchev–Trinajstić information content (AvgIpc) is 2.76. The summed E-state index contributed by atoms with van der Waals surface area (Å²) in [6.45, 7) is 4.10. The van der Waals surface area contributed by atoms with Crippen LogP contribution in [0.25, 0.3) is 10.9 Å². The predicted molar refractivity (Wildman–Crippen MR) is 79.7 cm³/mol. The maximum absolute atomic E-state index is 12.3. The van der Waals surface area contributed by atoms with Gasteiger partial charge in [0.25, 0.3) is 0 Å². The third-order valence-corrected chi connectivity index (χ3v) is 5.53. The first kappa shape index (κ1) is 15.5. The van der Waals surface area contributed by atoms with Crippen LogP contribution in [0.1, 0.15) is 26.0 Å². The van der Waals surface area contributed by atoms with Crippen molar-refractivity contribution in [2.24, 2.45) is 0 Å². The minimum Gasteiger partial charge on any atom is -0.480 e. The molecule has 0 radical (unpaired) electrons. The molecule has 1 aromatic heterocycles. The third kappa shape index (κ3) is 2.92. The van der Waals surface area contributed by atoms with Gasteiger partial charge in [0.1, 0.15) is 0 Å². The van der Waals surface area contributed by atoms with Crippen molar-refractivity contribution in [1.29, 1.82) is 0 Å². The zero-order valence-electron chi connectivity index (χ0n) is 12.0. The van der Waals surface area contributed by atoms with Crippen molar-refractivity contribution in [3.05, 3.63) is 30.0 Å². The standard InChI is InChI=1S/C14H18N2O4S/c1-3-13(14(17)18)21(19,20)9-11-10-7-5-6-8-12(10)16(4-2)15-11/h5-8,13H,3-4,9H2,1-2H3,(H,17,18). The van der Waals surface area contributed by atoms with Gasteiger partial charge < -0.3 is 5.11 Å². The zero-order chi connectivity index (χ0) is 15.6. The molecule has 1 N–H and O–H groups in total. The summed E-state index contributed by atoms with van der Waals surface area (Å²) < 4.78 is 26.3. The molecule has 114 valence electrons. The van der Waals surface area contributed by atoms with Gasteiger partial charge in [-0.2, -0.15) is 5.10 Å². The van der Waals surface area contributed by atoms with Gasteiger partial charge in [-0.3, -0.25) is 9.48 Å². The largest absolute Gasteiger partial charge is 0.480 e. The van der Waals surface area contributed by atoms with E-state index in [-0.39, 0.29) is 12.2 Å². The van der Waals surface area contributed by atoms with Gasteiger partial charge in [0, 0.05) is 11.9 Å².